The number of hydrogen-bond donors (Lipinski definition) is 2. The third kappa shape index (κ3) is 5.04. The number of methoxy groups -OCH3 is 1. The SMILES string of the molecule is COc1ccccc1OCCN1C[C@H](C(=O)Nc2ccc(C(N)=O)cc2)CC1=O. The van der Waals surface area contributed by atoms with Gasteiger partial charge in [0.2, 0.25) is 17.7 Å². The number of ether oxygens (including phenoxy) is 2. The Morgan fingerprint density at radius 2 is 1.83 bits per heavy atom. The number of likely N-dealkylation sites (tertiary alicyclic amines) is 1. The monoisotopic (exact) mass is 397 g/mol. The Morgan fingerprint density at radius 1 is 1.14 bits per heavy atom. The Morgan fingerprint density at radius 3 is 2.48 bits per heavy atom. The van der Waals surface area contributed by atoms with Crippen LogP contribution in [0.25, 0.3) is 0 Å². The molecule has 1 fully saturated rings. The molecule has 1 saturated heterocycles. The zero-order chi connectivity index (χ0) is 20.8. The van der Waals surface area contributed by atoms with Gasteiger partial charge in [-0.1, -0.05) is 12.1 Å². The quantitative estimate of drug-likeness (QED) is 0.704. The molecule has 1 atom stereocenters. The highest BCUT2D eigenvalue weighted by molar-refractivity contribution is 5.98. The number of benzene rings is 2. The number of hydrogen-bond acceptors (Lipinski definition) is 5. The van der Waals surface area contributed by atoms with Gasteiger partial charge in [-0.25, -0.2) is 0 Å². The number of nitrogens with two attached hydrogens (primary N) is 1. The van der Waals surface area contributed by atoms with Crippen molar-refractivity contribution >= 4 is 23.4 Å². The zero-order valence-corrected chi connectivity index (χ0v) is 16.1. The Labute approximate surface area is 168 Å². The van der Waals surface area contributed by atoms with Gasteiger partial charge < -0.3 is 25.4 Å². The molecule has 8 heteroatoms. The van der Waals surface area contributed by atoms with E-state index in [0.29, 0.717) is 42.4 Å². The molecule has 0 radical (unpaired) electrons. The average molecular weight is 397 g/mol. The number of rotatable bonds is 8. The second kappa shape index (κ2) is 9.09. The minimum absolute atomic E-state index is 0.0853. The van der Waals surface area contributed by atoms with Gasteiger partial charge in [-0.2, -0.15) is 0 Å². The molecule has 0 unspecified atom stereocenters. The fourth-order valence-electron chi connectivity index (χ4n) is 3.13. The topological polar surface area (TPSA) is 111 Å². The van der Waals surface area contributed by atoms with Crippen LogP contribution in [-0.4, -0.2) is 49.4 Å². The van der Waals surface area contributed by atoms with Crippen LogP contribution in [0.1, 0.15) is 16.8 Å². The number of para-hydroxylation sites is 2. The van der Waals surface area contributed by atoms with Crippen molar-refractivity contribution in [3.63, 3.8) is 0 Å². The molecular formula is C21H23N3O5. The van der Waals surface area contributed by atoms with Gasteiger partial charge in [-0.05, 0) is 36.4 Å². The van der Waals surface area contributed by atoms with Crippen molar-refractivity contribution in [1.82, 2.24) is 4.90 Å². The number of amides is 3. The first kappa shape index (κ1) is 20.2. The largest absolute Gasteiger partial charge is 0.493 e. The van der Waals surface area contributed by atoms with Gasteiger partial charge in [0.25, 0.3) is 0 Å². The number of anilines is 1. The van der Waals surface area contributed by atoms with Gasteiger partial charge in [-0.3, -0.25) is 14.4 Å². The Balaban J connectivity index is 1.50. The molecule has 8 nitrogen and oxygen atoms in total. The summed E-state index contributed by atoms with van der Waals surface area (Å²) in [6.45, 7) is 1.02. The van der Waals surface area contributed by atoms with Crippen molar-refractivity contribution in [3.8, 4) is 11.5 Å². The van der Waals surface area contributed by atoms with Crippen molar-refractivity contribution in [2.24, 2.45) is 11.7 Å². The van der Waals surface area contributed by atoms with E-state index in [1.807, 2.05) is 12.1 Å². The van der Waals surface area contributed by atoms with Crippen LogP contribution in [0.4, 0.5) is 5.69 Å². The molecule has 3 amide bonds. The van der Waals surface area contributed by atoms with E-state index < -0.39 is 11.8 Å². The highest BCUT2D eigenvalue weighted by Gasteiger charge is 2.34. The lowest BCUT2D eigenvalue weighted by Gasteiger charge is -2.17. The minimum Gasteiger partial charge on any atom is -0.493 e. The summed E-state index contributed by atoms with van der Waals surface area (Å²) in [5.74, 6) is -0.0637. The number of carbonyl (C=O) groups is 3. The lowest BCUT2D eigenvalue weighted by molar-refractivity contribution is -0.128. The van der Waals surface area contributed by atoms with Crippen LogP contribution in [0.2, 0.25) is 0 Å². The van der Waals surface area contributed by atoms with E-state index in [9.17, 15) is 14.4 Å². The molecule has 0 saturated carbocycles. The second-order valence-electron chi connectivity index (χ2n) is 6.67. The number of carbonyl (C=O) groups excluding carboxylic acids is 3. The molecule has 2 aromatic rings. The lowest BCUT2D eigenvalue weighted by Crippen LogP contribution is -2.31. The first-order valence-corrected chi connectivity index (χ1v) is 9.22. The number of nitrogens with one attached hydrogen (secondary N) is 1. The first-order valence-electron chi connectivity index (χ1n) is 9.22. The molecule has 3 N–H and O–H groups in total. The Bertz CT molecular complexity index is 897. The van der Waals surface area contributed by atoms with Crippen LogP contribution in [0.15, 0.2) is 48.5 Å². The van der Waals surface area contributed by atoms with Crippen LogP contribution in [0.5, 0.6) is 11.5 Å². The van der Waals surface area contributed by atoms with E-state index in [-0.39, 0.29) is 18.2 Å². The van der Waals surface area contributed by atoms with Crippen molar-refractivity contribution in [2.75, 3.05) is 32.1 Å². The maximum absolute atomic E-state index is 12.5. The van der Waals surface area contributed by atoms with Crippen LogP contribution in [0, 0.1) is 5.92 Å². The van der Waals surface area contributed by atoms with E-state index in [4.69, 9.17) is 15.2 Å². The van der Waals surface area contributed by atoms with Crippen LogP contribution >= 0.6 is 0 Å². The normalized spacial score (nSPS) is 15.8. The maximum atomic E-state index is 12.5. The molecule has 1 aliphatic rings. The predicted molar refractivity (Wildman–Crippen MR) is 107 cm³/mol. The fraction of sp³-hybridized carbons (Fsp3) is 0.286. The van der Waals surface area contributed by atoms with Crippen molar-refractivity contribution in [2.45, 2.75) is 6.42 Å². The molecule has 1 aliphatic heterocycles. The fourth-order valence-corrected chi connectivity index (χ4v) is 3.13. The van der Waals surface area contributed by atoms with Gasteiger partial charge in [0.05, 0.1) is 19.6 Å². The van der Waals surface area contributed by atoms with E-state index in [1.54, 1.807) is 48.4 Å². The van der Waals surface area contributed by atoms with Crippen molar-refractivity contribution in [3.05, 3.63) is 54.1 Å². The van der Waals surface area contributed by atoms with E-state index in [0.717, 1.165) is 0 Å². The third-order valence-corrected chi connectivity index (χ3v) is 4.71. The summed E-state index contributed by atoms with van der Waals surface area (Å²) in [6.07, 6.45) is 0.153. The smallest absolute Gasteiger partial charge is 0.248 e. The Kier molecular flexibility index (Phi) is 6.33. The standard InChI is InChI=1S/C21H23N3O5/c1-28-17-4-2-3-5-18(17)29-11-10-24-13-15(12-19(24)25)21(27)23-16-8-6-14(7-9-16)20(22)26/h2-9,15H,10-13H2,1H3,(H2,22,26)(H,23,27)/t15-/m1/s1. The summed E-state index contributed by atoms with van der Waals surface area (Å²) in [7, 11) is 1.57. The maximum Gasteiger partial charge on any atom is 0.248 e. The molecule has 0 aliphatic carbocycles. The summed E-state index contributed by atoms with van der Waals surface area (Å²) >= 11 is 0. The summed E-state index contributed by atoms with van der Waals surface area (Å²) < 4.78 is 10.9. The van der Waals surface area contributed by atoms with Gasteiger partial charge in [0.15, 0.2) is 11.5 Å². The Hall–Kier alpha value is -3.55. The third-order valence-electron chi connectivity index (χ3n) is 4.71. The van der Waals surface area contributed by atoms with E-state index in [2.05, 4.69) is 5.32 Å². The van der Waals surface area contributed by atoms with Crippen molar-refractivity contribution in [1.29, 1.82) is 0 Å². The summed E-state index contributed by atoms with van der Waals surface area (Å²) in [6, 6.07) is 13.6. The molecular weight excluding hydrogens is 374 g/mol. The highest BCUT2D eigenvalue weighted by Crippen LogP contribution is 2.26. The molecule has 0 spiro atoms. The summed E-state index contributed by atoms with van der Waals surface area (Å²) in [5, 5.41) is 2.77. The molecule has 0 aromatic heterocycles. The average Bonchev–Trinajstić information content (AvgIpc) is 3.09. The van der Waals surface area contributed by atoms with Crippen LogP contribution < -0.4 is 20.5 Å². The first-order chi connectivity index (χ1) is 14.0. The summed E-state index contributed by atoms with van der Waals surface area (Å²) in [5.41, 5.74) is 6.11. The zero-order valence-electron chi connectivity index (χ0n) is 16.1. The van der Waals surface area contributed by atoms with Gasteiger partial charge in [0, 0.05) is 24.2 Å². The molecule has 0 bridgehead atoms. The van der Waals surface area contributed by atoms with E-state index >= 15 is 0 Å². The van der Waals surface area contributed by atoms with E-state index in [1.165, 1.54) is 0 Å². The molecule has 2 aromatic carbocycles. The summed E-state index contributed by atoms with van der Waals surface area (Å²) in [4.78, 5) is 37.4. The molecule has 152 valence electrons. The van der Waals surface area contributed by atoms with Gasteiger partial charge >= 0.3 is 0 Å². The predicted octanol–water partition coefficient (Wildman–Crippen LogP) is 1.66. The van der Waals surface area contributed by atoms with Gasteiger partial charge in [0.1, 0.15) is 6.61 Å². The number of nitrogens with zero attached hydrogens (tertiary/aromatic N) is 1. The molecule has 1 heterocycles. The van der Waals surface area contributed by atoms with Crippen molar-refractivity contribution < 1.29 is 23.9 Å². The molecule has 29 heavy (non-hydrogen) atoms. The van der Waals surface area contributed by atoms with Gasteiger partial charge in [-0.15, -0.1) is 0 Å². The highest BCUT2D eigenvalue weighted by atomic mass is 16.5. The molecule has 3 rings (SSSR count). The van der Waals surface area contributed by atoms with Crippen LogP contribution in [-0.2, 0) is 9.59 Å². The lowest BCUT2D eigenvalue weighted by atomic mass is 10.1. The number of primary amides is 1. The second-order valence-corrected chi connectivity index (χ2v) is 6.67. The minimum atomic E-state index is -0.532. The van der Waals surface area contributed by atoms with Crippen LogP contribution in [0.3, 0.4) is 0 Å².